The van der Waals surface area contributed by atoms with Crippen molar-refractivity contribution in [2.75, 3.05) is 16.3 Å². The molecular weight excluding hydrogens is 391 g/mol. The molecule has 29 heavy (non-hydrogen) atoms. The van der Waals surface area contributed by atoms with Gasteiger partial charge in [-0.05, 0) is 54.8 Å². The third kappa shape index (κ3) is 5.20. The number of hydrogen-bond acceptors (Lipinski definition) is 3. The average Bonchev–Trinajstić information content (AvgIpc) is 2.63. The fourth-order valence-corrected chi connectivity index (χ4v) is 3.45. The normalized spacial score (nSPS) is 11.2. The summed E-state index contributed by atoms with van der Waals surface area (Å²) in [6.45, 7) is 3.71. The van der Waals surface area contributed by atoms with E-state index in [9.17, 15) is 17.6 Å². The second-order valence-electron chi connectivity index (χ2n) is 6.92. The molecule has 5 nitrogen and oxygen atoms in total. The number of carbonyl (C=O) groups is 1. The Balaban J connectivity index is 1.82. The minimum atomic E-state index is -3.46. The molecule has 0 aromatic heterocycles. The predicted molar refractivity (Wildman–Crippen MR) is 114 cm³/mol. The van der Waals surface area contributed by atoms with Crippen molar-refractivity contribution in [3.63, 3.8) is 0 Å². The fraction of sp³-hybridized carbons (Fsp3) is 0.136. The molecule has 0 radical (unpaired) electrons. The standard InChI is InChI=1S/C22H21FN2O3S/c1-14-4-7-16(8-5-14)17-9-11-19(20(23)12-17)22(26)24-18-10-6-15(2)21(13-18)25-29(3,27)28/h4-13,25H,1-3H3,(H,24,26). The fourth-order valence-electron chi connectivity index (χ4n) is 2.83. The van der Waals surface area contributed by atoms with Gasteiger partial charge in [-0.3, -0.25) is 9.52 Å². The lowest BCUT2D eigenvalue weighted by Gasteiger charge is -2.12. The van der Waals surface area contributed by atoms with Gasteiger partial charge < -0.3 is 5.32 Å². The molecule has 0 spiro atoms. The second kappa shape index (κ2) is 8.05. The van der Waals surface area contributed by atoms with Crippen molar-refractivity contribution in [2.45, 2.75) is 13.8 Å². The van der Waals surface area contributed by atoms with E-state index in [0.717, 1.165) is 17.4 Å². The van der Waals surface area contributed by atoms with Crippen LogP contribution in [0.15, 0.2) is 60.7 Å². The van der Waals surface area contributed by atoms with Gasteiger partial charge in [-0.25, -0.2) is 12.8 Å². The maximum Gasteiger partial charge on any atom is 0.258 e. The number of halogens is 1. The largest absolute Gasteiger partial charge is 0.322 e. The molecule has 2 N–H and O–H groups in total. The minimum absolute atomic E-state index is 0.0981. The SMILES string of the molecule is Cc1ccc(-c2ccc(C(=O)Nc3ccc(C)c(NS(C)(=O)=O)c3)c(F)c2)cc1. The van der Waals surface area contributed by atoms with E-state index < -0.39 is 21.7 Å². The Morgan fingerprint density at radius 1 is 0.897 bits per heavy atom. The van der Waals surface area contributed by atoms with Crippen molar-refractivity contribution < 1.29 is 17.6 Å². The number of carbonyl (C=O) groups excluding carboxylic acids is 1. The first kappa shape index (κ1) is 20.5. The topological polar surface area (TPSA) is 75.3 Å². The zero-order chi connectivity index (χ0) is 21.2. The molecule has 0 saturated carbocycles. The Bertz CT molecular complexity index is 1170. The van der Waals surface area contributed by atoms with Gasteiger partial charge in [0.05, 0.1) is 17.5 Å². The van der Waals surface area contributed by atoms with Crippen LogP contribution >= 0.6 is 0 Å². The molecule has 0 unspecified atom stereocenters. The molecule has 3 rings (SSSR count). The van der Waals surface area contributed by atoms with Crippen LogP contribution in [0.25, 0.3) is 11.1 Å². The number of rotatable bonds is 5. The van der Waals surface area contributed by atoms with E-state index in [-0.39, 0.29) is 5.56 Å². The van der Waals surface area contributed by atoms with E-state index in [1.54, 1.807) is 25.1 Å². The molecule has 0 aliphatic heterocycles. The molecule has 150 valence electrons. The van der Waals surface area contributed by atoms with Crippen LogP contribution in [0.1, 0.15) is 21.5 Å². The van der Waals surface area contributed by atoms with Crippen molar-refractivity contribution in [3.05, 3.63) is 83.2 Å². The molecule has 0 heterocycles. The van der Waals surface area contributed by atoms with E-state index in [2.05, 4.69) is 10.0 Å². The van der Waals surface area contributed by atoms with E-state index in [1.165, 1.54) is 18.2 Å². The van der Waals surface area contributed by atoms with Crippen LogP contribution in [-0.4, -0.2) is 20.6 Å². The van der Waals surface area contributed by atoms with Crippen LogP contribution in [0.4, 0.5) is 15.8 Å². The first-order valence-corrected chi connectivity index (χ1v) is 10.8. The summed E-state index contributed by atoms with van der Waals surface area (Å²) in [5, 5.41) is 2.61. The van der Waals surface area contributed by atoms with Crippen LogP contribution in [0.2, 0.25) is 0 Å². The van der Waals surface area contributed by atoms with E-state index in [0.29, 0.717) is 22.5 Å². The number of amides is 1. The molecule has 0 atom stereocenters. The summed E-state index contributed by atoms with van der Waals surface area (Å²) in [6, 6.07) is 16.9. The van der Waals surface area contributed by atoms with Crippen LogP contribution in [-0.2, 0) is 10.0 Å². The third-order valence-corrected chi connectivity index (χ3v) is 4.98. The van der Waals surface area contributed by atoms with Crippen molar-refractivity contribution in [2.24, 2.45) is 0 Å². The van der Waals surface area contributed by atoms with Gasteiger partial charge in [-0.15, -0.1) is 0 Å². The summed E-state index contributed by atoms with van der Waals surface area (Å²) in [5.74, 6) is -1.26. The van der Waals surface area contributed by atoms with Crippen LogP contribution in [0, 0.1) is 19.7 Å². The van der Waals surface area contributed by atoms with Gasteiger partial charge in [0.1, 0.15) is 5.82 Å². The zero-order valence-electron chi connectivity index (χ0n) is 16.3. The van der Waals surface area contributed by atoms with Gasteiger partial charge in [0.25, 0.3) is 5.91 Å². The quantitative estimate of drug-likeness (QED) is 0.636. The number of anilines is 2. The summed E-state index contributed by atoms with van der Waals surface area (Å²) in [5.41, 5.74) is 3.94. The first-order valence-electron chi connectivity index (χ1n) is 8.89. The number of benzene rings is 3. The highest BCUT2D eigenvalue weighted by molar-refractivity contribution is 7.92. The molecule has 0 fully saturated rings. The highest BCUT2D eigenvalue weighted by Crippen LogP contribution is 2.25. The Kier molecular flexibility index (Phi) is 5.70. The molecule has 1 amide bonds. The Hall–Kier alpha value is -3.19. The molecule has 7 heteroatoms. The summed E-state index contributed by atoms with van der Waals surface area (Å²) in [7, 11) is -3.46. The number of aryl methyl sites for hydroxylation is 2. The lowest BCUT2D eigenvalue weighted by atomic mass is 10.0. The van der Waals surface area contributed by atoms with Crippen molar-refractivity contribution in [1.29, 1.82) is 0 Å². The lowest BCUT2D eigenvalue weighted by Crippen LogP contribution is -2.15. The highest BCUT2D eigenvalue weighted by Gasteiger charge is 2.14. The molecular formula is C22H21FN2O3S. The van der Waals surface area contributed by atoms with Gasteiger partial charge in [-0.2, -0.15) is 0 Å². The molecule has 0 aliphatic carbocycles. The molecule has 0 bridgehead atoms. The summed E-state index contributed by atoms with van der Waals surface area (Å²) < 4.78 is 39.9. The van der Waals surface area contributed by atoms with E-state index >= 15 is 0 Å². The molecule has 0 saturated heterocycles. The lowest BCUT2D eigenvalue weighted by molar-refractivity contribution is 0.102. The minimum Gasteiger partial charge on any atom is -0.322 e. The van der Waals surface area contributed by atoms with Crippen molar-refractivity contribution >= 4 is 27.3 Å². The molecule has 3 aromatic rings. The maximum absolute atomic E-state index is 14.6. The zero-order valence-corrected chi connectivity index (χ0v) is 17.1. The maximum atomic E-state index is 14.6. The van der Waals surface area contributed by atoms with Gasteiger partial charge >= 0.3 is 0 Å². The van der Waals surface area contributed by atoms with Crippen LogP contribution < -0.4 is 10.0 Å². The summed E-state index contributed by atoms with van der Waals surface area (Å²) in [4.78, 5) is 12.5. The predicted octanol–water partition coefficient (Wildman–Crippen LogP) is 4.73. The van der Waals surface area contributed by atoms with Crippen LogP contribution in [0.3, 0.4) is 0 Å². The summed E-state index contributed by atoms with van der Waals surface area (Å²) >= 11 is 0. The van der Waals surface area contributed by atoms with Gasteiger partial charge in [0, 0.05) is 5.69 Å². The van der Waals surface area contributed by atoms with Gasteiger partial charge in [0.15, 0.2) is 0 Å². The van der Waals surface area contributed by atoms with Gasteiger partial charge in [-0.1, -0.05) is 42.0 Å². The highest BCUT2D eigenvalue weighted by atomic mass is 32.2. The van der Waals surface area contributed by atoms with Gasteiger partial charge in [0.2, 0.25) is 10.0 Å². The monoisotopic (exact) mass is 412 g/mol. The Morgan fingerprint density at radius 2 is 1.55 bits per heavy atom. The first-order chi connectivity index (χ1) is 13.6. The average molecular weight is 412 g/mol. The van der Waals surface area contributed by atoms with Crippen LogP contribution in [0.5, 0.6) is 0 Å². The summed E-state index contributed by atoms with van der Waals surface area (Å²) in [6.07, 6.45) is 1.04. The smallest absolute Gasteiger partial charge is 0.258 e. The number of nitrogens with one attached hydrogen (secondary N) is 2. The molecule has 3 aromatic carbocycles. The second-order valence-corrected chi connectivity index (χ2v) is 8.67. The van der Waals surface area contributed by atoms with E-state index in [4.69, 9.17) is 0 Å². The van der Waals surface area contributed by atoms with E-state index in [1.807, 2.05) is 31.2 Å². The van der Waals surface area contributed by atoms with Crippen molar-refractivity contribution in [1.82, 2.24) is 0 Å². The number of hydrogen-bond donors (Lipinski definition) is 2. The molecule has 0 aliphatic rings. The third-order valence-electron chi connectivity index (χ3n) is 4.39. The van der Waals surface area contributed by atoms with Crippen molar-refractivity contribution in [3.8, 4) is 11.1 Å². The Morgan fingerprint density at radius 3 is 2.17 bits per heavy atom. The number of sulfonamides is 1. The Labute approximate surface area is 169 Å².